The minimum atomic E-state index is -0.603. The summed E-state index contributed by atoms with van der Waals surface area (Å²) in [5.41, 5.74) is 2.48. The number of hydrogen-bond acceptors (Lipinski definition) is 8. The van der Waals surface area contributed by atoms with Crippen LogP contribution in [0.1, 0.15) is 43.5 Å². The van der Waals surface area contributed by atoms with Crippen LogP contribution in [0.3, 0.4) is 0 Å². The standard InChI is InChI=1S/C28H30N4O6/c1-5-6-12-19-21(24(34)23(26(35)30-19)27-31-32-28(38-27)29-16(2)33)22-20(36-3)14-13-18(25(22)37-4)15-17-10-8-7-9-11-17/h7-11,13-14H,5-6,12,15H2,1-4H3,(H,29,32,33)(H2,30,34,35). The Balaban J connectivity index is 1.98. The van der Waals surface area contributed by atoms with Crippen LogP contribution in [0.4, 0.5) is 6.01 Å². The molecular weight excluding hydrogens is 488 g/mol. The van der Waals surface area contributed by atoms with Crippen molar-refractivity contribution in [2.24, 2.45) is 0 Å². The van der Waals surface area contributed by atoms with Crippen molar-refractivity contribution in [3.05, 3.63) is 69.6 Å². The summed E-state index contributed by atoms with van der Waals surface area (Å²) in [7, 11) is 3.09. The number of aromatic amines is 1. The van der Waals surface area contributed by atoms with Crippen molar-refractivity contribution in [3.63, 3.8) is 0 Å². The molecule has 0 spiro atoms. The largest absolute Gasteiger partial charge is 0.506 e. The molecule has 0 aliphatic rings. The molecule has 1 amide bonds. The van der Waals surface area contributed by atoms with Crippen molar-refractivity contribution >= 4 is 11.9 Å². The highest BCUT2D eigenvalue weighted by molar-refractivity contribution is 5.88. The third-order valence-corrected chi connectivity index (χ3v) is 6.08. The van der Waals surface area contributed by atoms with Crippen molar-refractivity contribution in [1.29, 1.82) is 0 Å². The highest BCUT2D eigenvalue weighted by Crippen LogP contribution is 2.48. The number of pyridine rings is 1. The van der Waals surface area contributed by atoms with Gasteiger partial charge in [0.15, 0.2) is 0 Å². The van der Waals surface area contributed by atoms with Crippen molar-refractivity contribution in [2.45, 2.75) is 39.5 Å². The Bertz CT molecular complexity index is 1490. The van der Waals surface area contributed by atoms with Gasteiger partial charge in [-0.3, -0.25) is 14.9 Å². The number of hydrogen-bond donors (Lipinski definition) is 3. The number of H-pyrrole nitrogens is 1. The number of nitrogens with one attached hydrogen (secondary N) is 2. The number of aromatic nitrogens is 3. The second-order valence-corrected chi connectivity index (χ2v) is 8.73. The molecule has 3 N–H and O–H groups in total. The van der Waals surface area contributed by atoms with Gasteiger partial charge >= 0.3 is 6.01 Å². The molecule has 0 aliphatic carbocycles. The van der Waals surface area contributed by atoms with E-state index >= 15 is 0 Å². The molecule has 0 radical (unpaired) electrons. The Kier molecular flexibility index (Phi) is 8.10. The maximum Gasteiger partial charge on any atom is 0.322 e. The first-order valence-corrected chi connectivity index (χ1v) is 12.3. The minimum Gasteiger partial charge on any atom is -0.506 e. The number of carbonyl (C=O) groups is 1. The van der Waals surface area contributed by atoms with E-state index in [0.717, 1.165) is 24.0 Å². The molecule has 10 heteroatoms. The van der Waals surface area contributed by atoms with E-state index in [9.17, 15) is 14.7 Å². The molecule has 0 saturated carbocycles. The number of aryl methyl sites for hydroxylation is 1. The number of benzene rings is 2. The summed E-state index contributed by atoms with van der Waals surface area (Å²) in [5, 5.41) is 21.6. The summed E-state index contributed by atoms with van der Waals surface area (Å²) in [6.45, 7) is 3.32. The molecule has 0 saturated heterocycles. The molecule has 4 rings (SSSR count). The Morgan fingerprint density at radius 1 is 1.05 bits per heavy atom. The molecule has 0 atom stereocenters. The molecule has 2 aromatic carbocycles. The fourth-order valence-corrected chi connectivity index (χ4v) is 4.37. The van der Waals surface area contributed by atoms with Gasteiger partial charge in [0, 0.05) is 19.0 Å². The monoisotopic (exact) mass is 518 g/mol. The highest BCUT2D eigenvalue weighted by atomic mass is 16.5. The number of anilines is 1. The van der Waals surface area contributed by atoms with Crippen LogP contribution in [-0.2, 0) is 17.6 Å². The number of unbranched alkanes of at least 4 members (excludes halogenated alkanes) is 1. The number of rotatable bonds is 10. The van der Waals surface area contributed by atoms with Gasteiger partial charge in [-0.2, -0.15) is 0 Å². The SMILES string of the molecule is CCCCc1[nH]c(=O)c(-c2nnc(NC(C)=O)o2)c(O)c1-c1c(OC)ccc(Cc2ccccc2)c1OC. The first kappa shape index (κ1) is 26.5. The summed E-state index contributed by atoms with van der Waals surface area (Å²) in [6.07, 6.45) is 2.70. The van der Waals surface area contributed by atoms with Gasteiger partial charge in [-0.25, -0.2) is 0 Å². The van der Waals surface area contributed by atoms with Crippen molar-refractivity contribution in [3.8, 4) is 39.8 Å². The molecule has 0 bridgehead atoms. The number of nitrogens with zero attached hydrogens (tertiary/aromatic N) is 2. The lowest BCUT2D eigenvalue weighted by Crippen LogP contribution is -2.15. The lowest BCUT2D eigenvalue weighted by Gasteiger charge is -2.21. The maximum atomic E-state index is 13.2. The molecule has 10 nitrogen and oxygen atoms in total. The fraction of sp³-hybridized carbons (Fsp3) is 0.286. The van der Waals surface area contributed by atoms with Crippen molar-refractivity contribution < 1.29 is 23.8 Å². The zero-order chi connectivity index (χ0) is 27.2. The van der Waals surface area contributed by atoms with Gasteiger partial charge in [0.2, 0.25) is 5.91 Å². The minimum absolute atomic E-state index is 0.192. The lowest BCUT2D eigenvalue weighted by molar-refractivity contribution is -0.114. The van der Waals surface area contributed by atoms with Crippen LogP contribution in [-0.4, -0.2) is 40.4 Å². The van der Waals surface area contributed by atoms with Crippen LogP contribution in [0, 0.1) is 0 Å². The average Bonchev–Trinajstić information content (AvgIpc) is 3.34. The number of aromatic hydroxyl groups is 1. The predicted molar refractivity (Wildman–Crippen MR) is 143 cm³/mol. The van der Waals surface area contributed by atoms with Crippen molar-refractivity contribution in [2.75, 3.05) is 19.5 Å². The summed E-state index contributed by atoms with van der Waals surface area (Å²) in [4.78, 5) is 27.5. The second-order valence-electron chi connectivity index (χ2n) is 8.73. The third kappa shape index (κ3) is 5.39. The van der Waals surface area contributed by atoms with E-state index < -0.39 is 11.5 Å². The van der Waals surface area contributed by atoms with E-state index in [1.807, 2.05) is 49.4 Å². The number of amides is 1. The Labute approximate surface area is 219 Å². The van der Waals surface area contributed by atoms with E-state index in [4.69, 9.17) is 13.9 Å². The predicted octanol–water partition coefficient (Wildman–Crippen LogP) is 4.71. The number of carbonyl (C=O) groups excluding carboxylic acids is 1. The molecule has 0 fully saturated rings. The van der Waals surface area contributed by atoms with E-state index in [-0.39, 0.29) is 23.2 Å². The average molecular weight is 519 g/mol. The van der Waals surface area contributed by atoms with Gasteiger partial charge in [0.05, 0.1) is 25.3 Å². The Hall–Kier alpha value is -4.60. The molecule has 38 heavy (non-hydrogen) atoms. The molecule has 0 unspecified atom stereocenters. The Morgan fingerprint density at radius 2 is 1.82 bits per heavy atom. The van der Waals surface area contributed by atoms with Gasteiger partial charge in [-0.05, 0) is 30.0 Å². The van der Waals surface area contributed by atoms with Gasteiger partial charge in [-0.1, -0.05) is 54.8 Å². The summed E-state index contributed by atoms with van der Waals surface area (Å²) in [6, 6.07) is 13.5. The summed E-state index contributed by atoms with van der Waals surface area (Å²) in [5.74, 6) is -0.0583. The van der Waals surface area contributed by atoms with E-state index in [1.54, 1.807) is 7.11 Å². The fourth-order valence-electron chi connectivity index (χ4n) is 4.37. The van der Waals surface area contributed by atoms with Gasteiger partial charge in [-0.15, -0.1) is 5.10 Å². The number of ether oxygens (including phenoxy) is 2. The normalized spacial score (nSPS) is 10.8. The summed E-state index contributed by atoms with van der Waals surface area (Å²) >= 11 is 0. The molecule has 198 valence electrons. The van der Waals surface area contributed by atoms with Crippen LogP contribution < -0.4 is 20.3 Å². The smallest absolute Gasteiger partial charge is 0.322 e. The second kappa shape index (κ2) is 11.6. The molecule has 2 aromatic heterocycles. The van der Waals surface area contributed by atoms with Crippen LogP contribution in [0.25, 0.3) is 22.6 Å². The van der Waals surface area contributed by atoms with Gasteiger partial charge in [0.25, 0.3) is 11.4 Å². The van der Waals surface area contributed by atoms with Gasteiger partial charge in [0.1, 0.15) is 22.8 Å². The van der Waals surface area contributed by atoms with Crippen molar-refractivity contribution in [1.82, 2.24) is 15.2 Å². The van der Waals surface area contributed by atoms with E-state index in [1.165, 1.54) is 14.0 Å². The molecular formula is C28H30N4O6. The lowest BCUT2D eigenvalue weighted by atomic mass is 9.92. The molecule has 2 heterocycles. The van der Waals surface area contributed by atoms with Crippen LogP contribution in [0.5, 0.6) is 17.2 Å². The topological polar surface area (TPSA) is 140 Å². The van der Waals surface area contributed by atoms with E-state index in [0.29, 0.717) is 41.2 Å². The maximum absolute atomic E-state index is 13.2. The van der Waals surface area contributed by atoms with Gasteiger partial charge < -0.3 is 24.0 Å². The first-order chi connectivity index (χ1) is 18.4. The quantitative estimate of drug-likeness (QED) is 0.274. The molecule has 0 aliphatic heterocycles. The van der Waals surface area contributed by atoms with Crippen LogP contribution >= 0.6 is 0 Å². The molecule has 4 aromatic rings. The Morgan fingerprint density at radius 3 is 2.47 bits per heavy atom. The highest BCUT2D eigenvalue weighted by Gasteiger charge is 2.28. The third-order valence-electron chi connectivity index (χ3n) is 6.08. The number of methoxy groups -OCH3 is 2. The van der Waals surface area contributed by atoms with E-state index in [2.05, 4.69) is 20.5 Å². The van der Waals surface area contributed by atoms with Crippen LogP contribution in [0.2, 0.25) is 0 Å². The van der Waals surface area contributed by atoms with Crippen LogP contribution in [0.15, 0.2) is 51.7 Å². The zero-order valence-electron chi connectivity index (χ0n) is 21.8. The first-order valence-electron chi connectivity index (χ1n) is 12.3. The zero-order valence-corrected chi connectivity index (χ0v) is 21.8. The summed E-state index contributed by atoms with van der Waals surface area (Å²) < 4.78 is 17.1.